The van der Waals surface area contributed by atoms with Crippen LogP contribution in [-0.4, -0.2) is 26.0 Å². The van der Waals surface area contributed by atoms with Gasteiger partial charge < -0.3 is 14.2 Å². The van der Waals surface area contributed by atoms with Gasteiger partial charge >= 0.3 is 5.97 Å². The van der Waals surface area contributed by atoms with E-state index in [0.29, 0.717) is 22.6 Å². The molecule has 0 spiro atoms. The fourth-order valence-electron chi connectivity index (χ4n) is 2.52. The Morgan fingerprint density at radius 1 is 0.920 bits per heavy atom. The molecule has 0 amide bonds. The van der Waals surface area contributed by atoms with Gasteiger partial charge in [-0.15, -0.1) is 0 Å². The third-order valence-corrected chi connectivity index (χ3v) is 3.85. The molecule has 25 heavy (non-hydrogen) atoms. The number of hydrogen-bond acceptors (Lipinski definition) is 5. The number of ether oxygens (including phenoxy) is 3. The number of carbonyl (C=O) groups excluding carboxylic acids is 2. The Kier molecular flexibility index (Phi) is 6.17. The minimum atomic E-state index is -0.376. The Hall–Kier alpha value is -2.82. The van der Waals surface area contributed by atoms with E-state index in [1.807, 2.05) is 25.1 Å². The maximum atomic E-state index is 12.2. The maximum absolute atomic E-state index is 12.2. The van der Waals surface area contributed by atoms with Gasteiger partial charge in [0.2, 0.25) is 0 Å². The molecule has 0 aliphatic heterocycles. The highest BCUT2D eigenvalue weighted by atomic mass is 16.5. The molecule has 0 radical (unpaired) electrons. The van der Waals surface area contributed by atoms with Crippen LogP contribution in [0.25, 0.3) is 0 Å². The van der Waals surface area contributed by atoms with Gasteiger partial charge in [0.1, 0.15) is 18.1 Å². The molecule has 2 aromatic rings. The van der Waals surface area contributed by atoms with Crippen LogP contribution >= 0.6 is 0 Å². The number of aryl methyl sites for hydroxylation is 1. The largest absolute Gasteiger partial charge is 0.496 e. The van der Waals surface area contributed by atoms with E-state index < -0.39 is 0 Å². The number of esters is 1. The first-order valence-corrected chi connectivity index (χ1v) is 7.91. The topological polar surface area (TPSA) is 61.8 Å². The van der Waals surface area contributed by atoms with E-state index in [-0.39, 0.29) is 24.8 Å². The molecular formula is C20H22O5. The molecule has 0 aliphatic carbocycles. The molecule has 5 heteroatoms. The van der Waals surface area contributed by atoms with Crippen LogP contribution in [0, 0.1) is 6.92 Å². The lowest BCUT2D eigenvalue weighted by atomic mass is 10.1. The van der Waals surface area contributed by atoms with Gasteiger partial charge in [0.05, 0.1) is 20.6 Å². The molecule has 2 aromatic carbocycles. The molecule has 0 saturated heterocycles. The predicted octanol–water partition coefficient (Wildman–Crippen LogP) is 3.50. The highest BCUT2D eigenvalue weighted by molar-refractivity contribution is 5.94. The molecule has 0 fully saturated rings. The summed E-state index contributed by atoms with van der Waals surface area (Å²) < 4.78 is 15.9. The lowest BCUT2D eigenvalue weighted by Gasteiger charge is -2.12. The predicted molar refractivity (Wildman–Crippen MR) is 94.2 cm³/mol. The van der Waals surface area contributed by atoms with Crippen LogP contribution in [0.3, 0.4) is 0 Å². The number of benzene rings is 2. The van der Waals surface area contributed by atoms with Crippen molar-refractivity contribution in [3.05, 3.63) is 58.7 Å². The molecule has 0 aliphatic rings. The molecule has 0 aromatic heterocycles. The monoisotopic (exact) mass is 342 g/mol. The Morgan fingerprint density at radius 2 is 1.56 bits per heavy atom. The van der Waals surface area contributed by atoms with Crippen molar-refractivity contribution in [1.29, 1.82) is 0 Å². The third-order valence-electron chi connectivity index (χ3n) is 3.85. The summed E-state index contributed by atoms with van der Waals surface area (Å²) in [5.41, 5.74) is 3.02. The summed E-state index contributed by atoms with van der Waals surface area (Å²) in [6, 6.07) is 10.7. The number of ketones is 1. The molecular weight excluding hydrogens is 320 g/mol. The van der Waals surface area contributed by atoms with E-state index in [9.17, 15) is 9.59 Å². The lowest BCUT2D eigenvalue weighted by Crippen LogP contribution is -2.10. The Balaban J connectivity index is 2.09. The van der Waals surface area contributed by atoms with Crippen LogP contribution < -0.4 is 9.47 Å². The van der Waals surface area contributed by atoms with Crippen molar-refractivity contribution < 1.29 is 23.8 Å². The fraction of sp³-hybridized carbons (Fsp3) is 0.300. The second-order valence-electron chi connectivity index (χ2n) is 5.74. The SMILES string of the molecule is COc1ccc(C(C)=O)cc1COC(=O)Cc1cc(C)ccc1OC. The van der Waals surface area contributed by atoms with Crippen LogP contribution in [0.15, 0.2) is 36.4 Å². The van der Waals surface area contributed by atoms with Crippen molar-refractivity contribution in [2.24, 2.45) is 0 Å². The Labute approximate surface area is 147 Å². The molecule has 0 saturated carbocycles. The molecule has 2 rings (SSSR count). The van der Waals surface area contributed by atoms with Crippen molar-refractivity contribution in [3.8, 4) is 11.5 Å². The van der Waals surface area contributed by atoms with Crippen LogP contribution in [0.1, 0.15) is 34.0 Å². The van der Waals surface area contributed by atoms with Gasteiger partial charge in [-0.25, -0.2) is 0 Å². The van der Waals surface area contributed by atoms with E-state index in [1.165, 1.54) is 14.0 Å². The Morgan fingerprint density at radius 3 is 2.20 bits per heavy atom. The van der Waals surface area contributed by atoms with Crippen molar-refractivity contribution in [1.82, 2.24) is 0 Å². The van der Waals surface area contributed by atoms with Crippen molar-refractivity contribution in [2.75, 3.05) is 14.2 Å². The first-order valence-electron chi connectivity index (χ1n) is 7.91. The summed E-state index contributed by atoms with van der Waals surface area (Å²) in [7, 11) is 3.10. The van der Waals surface area contributed by atoms with Crippen LogP contribution in [-0.2, 0) is 22.6 Å². The molecule has 0 bridgehead atoms. The van der Waals surface area contributed by atoms with Crippen LogP contribution in [0.2, 0.25) is 0 Å². The van der Waals surface area contributed by atoms with E-state index in [1.54, 1.807) is 25.3 Å². The second-order valence-corrected chi connectivity index (χ2v) is 5.74. The Bertz CT molecular complexity index is 780. The summed E-state index contributed by atoms with van der Waals surface area (Å²) in [6.45, 7) is 3.48. The van der Waals surface area contributed by atoms with Crippen molar-refractivity contribution >= 4 is 11.8 Å². The lowest BCUT2D eigenvalue weighted by molar-refractivity contribution is -0.144. The fourth-order valence-corrected chi connectivity index (χ4v) is 2.52. The molecule has 0 N–H and O–H groups in total. The summed E-state index contributed by atoms with van der Waals surface area (Å²) in [6.07, 6.45) is 0.111. The van der Waals surface area contributed by atoms with E-state index in [4.69, 9.17) is 14.2 Å². The minimum Gasteiger partial charge on any atom is -0.496 e. The van der Waals surface area contributed by atoms with Crippen LogP contribution in [0.4, 0.5) is 0 Å². The first kappa shape index (κ1) is 18.5. The summed E-state index contributed by atoms with van der Waals surface area (Å²) in [5, 5.41) is 0. The van der Waals surface area contributed by atoms with Gasteiger partial charge in [-0.1, -0.05) is 17.7 Å². The number of Topliss-reactive ketones (excluding diaryl/α,β-unsaturated/α-hetero) is 1. The maximum Gasteiger partial charge on any atom is 0.310 e. The molecule has 5 nitrogen and oxygen atoms in total. The standard InChI is InChI=1S/C20H22O5/c1-13-5-7-18(23-3)16(9-13)11-20(22)25-12-17-10-15(14(2)21)6-8-19(17)24-4/h5-10H,11-12H2,1-4H3. The van der Waals surface area contributed by atoms with Crippen molar-refractivity contribution in [2.45, 2.75) is 26.9 Å². The zero-order chi connectivity index (χ0) is 18.4. The quantitative estimate of drug-likeness (QED) is 0.569. The minimum absolute atomic E-state index is 0.0389. The van der Waals surface area contributed by atoms with Gasteiger partial charge in [0.15, 0.2) is 5.78 Å². The third kappa shape index (κ3) is 4.83. The molecule has 0 heterocycles. The van der Waals surface area contributed by atoms with Gasteiger partial charge in [-0.3, -0.25) is 9.59 Å². The summed E-state index contributed by atoms with van der Waals surface area (Å²) in [5.74, 6) is 0.795. The van der Waals surface area contributed by atoms with Gasteiger partial charge in [0.25, 0.3) is 0 Å². The van der Waals surface area contributed by atoms with E-state index >= 15 is 0 Å². The van der Waals surface area contributed by atoms with E-state index in [0.717, 1.165) is 11.1 Å². The number of hydrogen-bond donors (Lipinski definition) is 0. The summed E-state index contributed by atoms with van der Waals surface area (Å²) >= 11 is 0. The summed E-state index contributed by atoms with van der Waals surface area (Å²) in [4.78, 5) is 23.7. The number of methoxy groups -OCH3 is 2. The smallest absolute Gasteiger partial charge is 0.310 e. The van der Waals surface area contributed by atoms with Crippen molar-refractivity contribution in [3.63, 3.8) is 0 Å². The van der Waals surface area contributed by atoms with Gasteiger partial charge in [0, 0.05) is 16.7 Å². The zero-order valence-electron chi connectivity index (χ0n) is 14.9. The zero-order valence-corrected chi connectivity index (χ0v) is 14.9. The average Bonchev–Trinajstić information content (AvgIpc) is 2.59. The average molecular weight is 342 g/mol. The highest BCUT2D eigenvalue weighted by Gasteiger charge is 2.13. The van der Waals surface area contributed by atoms with Gasteiger partial charge in [-0.05, 0) is 38.1 Å². The second kappa shape index (κ2) is 8.33. The van der Waals surface area contributed by atoms with Crippen LogP contribution in [0.5, 0.6) is 11.5 Å². The highest BCUT2D eigenvalue weighted by Crippen LogP contribution is 2.23. The molecule has 0 atom stereocenters. The number of carbonyl (C=O) groups is 2. The normalized spacial score (nSPS) is 10.2. The first-order chi connectivity index (χ1) is 11.9. The van der Waals surface area contributed by atoms with Gasteiger partial charge in [-0.2, -0.15) is 0 Å². The molecule has 0 unspecified atom stereocenters. The van der Waals surface area contributed by atoms with E-state index in [2.05, 4.69) is 0 Å². The molecule has 132 valence electrons. The number of rotatable bonds is 7.